The van der Waals surface area contributed by atoms with Crippen LogP contribution in [0, 0.1) is 5.41 Å². The molecule has 0 radical (unpaired) electrons. The fraction of sp³-hybridized carbons (Fsp3) is 0.391. The van der Waals surface area contributed by atoms with E-state index in [9.17, 15) is 0 Å². The first-order valence-electron chi connectivity index (χ1n) is 9.48. The van der Waals surface area contributed by atoms with Crippen molar-refractivity contribution in [1.82, 2.24) is 15.0 Å². The van der Waals surface area contributed by atoms with Gasteiger partial charge >= 0.3 is 0 Å². The molecule has 1 unspecified atom stereocenters. The monoisotopic (exact) mass is 343 g/mol. The molecule has 2 aromatic carbocycles. The fourth-order valence-corrected chi connectivity index (χ4v) is 4.86. The number of rotatable bonds is 0. The lowest BCUT2D eigenvalue weighted by Crippen LogP contribution is -2.25. The molecule has 3 aromatic rings. The summed E-state index contributed by atoms with van der Waals surface area (Å²) in [5.41, 5.74) is 9.02. The van der Waals surface area contributed by atoms with Gasteiger partial charge in [0.25, 0.3) is 0 Å². The van der Waals surface area contributed by atoms with Crippen LogP contribution in [0.2, 0.25) is 0 Å². The number of hydrogen-bond acceptors (Lipinski definition) is 2. The maximum Gasteiger partial charge on any atom is 0.121 e. The van der Waals surface area contributed by atoms with E-state index in [0.717, 1.165) is 12.1 Å². The lowest BCUT2D eigenvalue weighted by atomic mass is 9.69. The Labute approximate surface area is 155 Å². The first kappa shape index (κ1) is 15.8. The van der Waals surface area contributed by atoms with Gasteiger partial charge in [-0.25, -0.2) is 4.68 Å². The van der Waals surface area contributed by atoms with Gasteiger partial charge in [-0.05, 0) is 48.3 Å². The summed E-state index contributed by atoms with van der Waals surface area (Å²) < 4.78 is 2.14. The third kappa shape index (κ3) is 1.89. The molecule has 26 heavy (non-hydrogen) atoms. The van der Waals surface area contributed by atoms with Crippen molar-refractivity contribution in [2.45, 2.75) is 52.5 Å². The second-order valence-electron chi connectivity index (χ2n) is 9.31. The molecule has 0 bridgehead atoms. The van der Waals surface area contributed by atoms with E-state index in [-0.39, 0.29) is 11.0 Å². The Balaban J connectivity index is 1.95. The third-order valence-corrected chi connectivity index (χ3v) is 6.31. The minimum Gasteiger partial charge on any atom is -0.234 e. The predicted molar refractivity (Wildman–Crippen MR) is 105 cm³/mol. The van der Waals surface area contributed by atoms with Gasteiger partial charge < -0.3 is 0 Å². The molecule has 0 spiro atoms. The van der Waals surface area contributed by atoms with E-state index < -0.39 is 0 Å². The Bertz CT molecular complexity index is 1030. The maximum atomic E-state index is 4.64. The number of fused-ring (bicyclic) bond motifs is 2. The zero-order valence-corrected chi connectivity index (χ0v) is 16.2. The molecule has 1 aliphatic carbocycles. The van der Waals surface area contributed by atoms with Crippen LogP contribution in [0.25, 0.3) is 22.5 Å². The lowest BCUT2D eigenvalue weighted by Gasteiger charge is -2.34. The average Bonchev–Trinajstić information content (AvgIpc) is 3.09. The smallest absolute Gasteiger partial charge is 0.121 e. The highest BCUT2D eigenvalue weighted by molar-refractivity contribution is 5.87. The molecule has 0 fully saturated rings. The summed E-state index contributed by atoms with van der Waals surface area (Å²) in [6, 6.07) is 15.5. The maximum absolute atomic E-state index is 4.64. The third-order valence-electron chi connectivity index (χ3n) is 6.31. The van der Waals surface area contributed by atoms with E-state index in [1.54, 1.807) is 0 Å². The van der Waals surface area contributed by atoms with Gasteiger partial charge in [-0.1, -0.05) is 68.4 Å². The first-order valence-corrected chi connectivity index (χ1v) is 9.48. The highest BCUT2D eigenvalue weighted by Gasteiger charge is 2.43. The molecule has 0 amide bonds. The molecule has 1 aromatic heterocycles. The fourth-order valence-electron chi connectivity index (χ4n) is 4.86. The zero-order chi connectivity index (χ0) is 18.3. The SMILES string of the molecule is CC(C)(C)C1Cc2ccccc2-c2nnn3c2-c2c1cccc2C3(C)C. The molecule has 1 aliphatic heterocycles. The Morgan fingerprint density at radius 1 is 1.04 bits per heavy atom. The molecule has 0 N–H and O–H groups in total. The quantitative estimate of drug-likeness (QED) is 0.547. The summed E-state index contributed by atoms with van der Waals surface area (Å²) >= 11 is 0. The Kier molecular flexibility index (Phi) is 2.95. The minimum atomic E-state index is -0.173. The van der Waals surface area contributed by atoms with Crippen LogP contribution in [-0.4, -0.2) is 15.0 Å². The number of hydrogen-bond donors (Lipinski definition) is 0. The Hall–Kier alpha value is -2.42. The van der Waals surface area contributed by atoms with Gasteiger partial charge in [0.05, 0.1) is 11.2 Å². The average molecular weight is 343 g/mol. The van der Waals surface area contributed by atoms with Crippen molar-refractivity contribution in [1.29, 1.82) is 0 Å². The van der Waals surface area contributed by atoms with Gasteiger partial charge in [0, 0.05) is 11.1 Å². The normalized spacial score (nSPS) is 19.5. The highest BCUT2D eigenvalue weighted by atomic mass is 15.5. The van der Waals surface area contributed by atoms with Crippen molar-refractivity contribution < 1.29 is 0 Å². The summed E-state index contributed by atoms with van der Waals surface area (Å²) in [7, 11) is 0. The van der Waals surface area contributed by atoms with Gasteiger partial charge in [0.2, 0.25) is 0 Å². The van der Waals surface area contributed by atoms with E-state index in [1.165, 1.54) is 33.5 Å². The number of aromatic nitrogens is 3. The van der Waals surface area contributed by atoms with Crippen molar-refractivity contribution >= 4 is 0 Å². The van der Waals surface area contributed by atoms with Gasteiger partial charge in [-0.2, -0.15) is 0 Å². The summed E-state index contributed by atoms with van der Waals surface area (Å²) in [4.78, 5) is 0. The van der Waals surface area contributed by atoms with Crippen molar-refractivity contribution in [3.8, 4) is 22.5 Å². The second kappa shape index (κ2) is 4.85. The zero-order valence-electron chi connectivity index (χ0n) is 16.2. The second-order valence-corrected chi connectivity index (χ2v) is 9.31. The van der Waals surface area contributed by atoms with Crippen LogP contribution in [0.3, 0.4) is 0 Å². The first-order chi connectivity index (χ1) is 12.3. The van der Waals surface area contributed by atoms with Crippen molar-refractivity contribution in [3.05, 3.63) is 59.2 Å². The van der Waals surface area contributed by atoms with E-state index in [4.69, 9.17) is 0 Å². The molecule has 2 heterocycles. The highest BCUT2D eigenvalue weighted by Crippen LogP contribution is 2.53. The number of benzene rings is 2. The van der Waals surface area contributed by atoms with Crippen LogP contribution in [0.1, 0.15) is 57.2 Å². The van der Waals surface area contributed by atoms with Gasteiger partial charge in [0.1, 0.15) is 5.69 Å². The Morgan fingerprint density at radius 3 is 2.58 bits per heavy atom. The van der Waals surface area contributed by atoms with Gasteiger partial charge in [-0.15, -0.1) is 5.10 Å². The molecule has 3 nitrogen and oxygen atoms in total. The van der Waals surface area contributed by atoms with Gasteiger partial charge in [-0.3, -0.25) is 0 Å². The molecule has 2 aliphatic rings. The molecule has 0 saturated carbocycles. The van der Waals surface area contributed by atoms with Crippen LogP contribution >= 0.6 is 0 Å². The molecule has 5 rings (SSSR count). The van der Waals surface area contributed by atoms with Crippen LogP contribution in [0.15, 0.2) is 42.5 Å². The Morgan fingerprint density at radius 2 is 1.81 bits per heavy atom. The summed E-state index contributed by atoms with van der Waals surface area (Å²) in [6.07, 6.45) is 1.03. The van der Waals surface area contributed by atoms with E-state index in [1.807, 2.05) is 0 Å². The minimum absolute atomic E-state index is 0.171. The predicted octanol–water partition coefficient (Wildman–Crippen LogP) is 5.39. The van der Waals surface area contributed by atoms with E-state index >= 15 is 0 Å². The lowest BCUT2D eigenvalue weighted by molar-refractivity contribution is 0.318. The summed E-state index contributed by atoms with van der Waals surface area (Å²) in [5, 5.41) is 9.24. The molecular weight excluding hydrogens is 318 g/mol. The summed E-state index contributed by atoms with van der Waals surface area (Å²) in [5.74, 6) is 0.448. The van der Waals surface area contributed by atoms with Crippen LogP contribution in [0.4, 0.5) is 0 Å². The number of nitrogens with zero attached hydrogens (tertiary/aromatic N) is 3. The topological polar surface area (TPSA) is 30.7 Å². The molecular formula is C23H25N3. The largest absolute Gasteiger partial charge is 0.234 e. The van der Waals surface area contributed by atoms with E-state index in [2.05, 4.69) is 92.1 Å². The van der Waals surface area contributed by atoms with Gasteiger partial charge in [0.15, 0.2) is 0 Å². The summed E-state index contributed by atoms with van der Waals surface area (Å²) in [6.45, 7) is 11.6. The molecule has 132 valence electrons. The molecule has 1 atom stereocenters. The van der Waals surface area contributed by atoms with Crippen molar-refractivity contribution in [2.24, 2.45) is 5.41 Å². The van der Waals surface area contributed by atoms with Crippen molar-refractivity contribution in [2.75, 3.05) is 0 Å². The van der Waals surface area contributed by atoms with Crippen molar-refractivity contribution in [3.63, 3.8) is 0 Å². The van der Waals surface area contributed by atoms with Crippen LogP contribution in [-0.2, 0) is 12.0 Å². The molecule has 0 saturated heterocycles. The van der Waals surface area contributed by atoms with Crippen LogP contribution in [0.5, 0.6) is 0 Å². The standard InChI is InChI=1S/C23H25N3/c1-22(2,3)18-13-14-9-6-7-10-15(14)20-21-19-16(18)11-8-12-17(19)23(4,5)26(21)25-24-20/h6-12,18H,13H2,1-5H3. The molecule has 3 heteroatoms. The van der Waals surface area contributed by atoms with E-state index in [0.29, 0.717) is 5.92 Å². The van der Waals surface area contributed by atoms with Crippen LogP contribution < -0.4 is 0 Å².